The molecule has 1 atom stereocenters. The molecule has 2 rings (SSSR count). The zero-order chi connectivity index (χ0) is 15.4. The number of nitrogens with zero attached hydrogens (tertiary/aromatic N) is 1. The number of carbonyl (C=O) groups is 1. The number of amides is 1. The Labute approximate surface area is 127 Å². The number of anilines is 1. The van der Waals surface area contributed by atoms with Crippen molar-refractivity contribution in [3.8, 4) is 0 Å². The highest BCUT2D eigenvalue weighted by molar-refractivity contribution is 5.95. The third-order valence-corrected chi connectivity index (χ3v) is 4.34. The molecule has 0 saturated heterocycles. The number of nitrogens with one attached hydrogen (secondary N) is 1. The molecule has 0 aromatic heterocycles. The Bertz CT molecular complexity index is 498. The van der Waals surface area contributed by atoms with Crippen LogP contribution in [-0.4, -0.2) is 44.2 Å². The predicted octanol–water partition coefficient (Wildman–Crippen LogP) is 2.92. The van der Waals surface area contributed by atoms with Crippen LogP contribution in [0.2, 0.25) is 0 Å². The van der Waals surface area contributed by atoms with Crippen LogP contribution < -0.4 is 5.32 Å². The van der Waals surface area contributed by atoms with Gasteiger partial charge in [0.05, 0.1) is 6.61 Å². The summed E-state index contributed by atoms with van der Waals surface area (Å²) < 4.78 is 5.17. The quantitative estimate of drug-likeness (QED) is 0.839. The van der Waals surface area contributed by atoms with E-state index in [2.05, 4.69) is 12.2 Å². The summed E-state index contributed by atoms with van der Waals surface area (Å²) in [4.78, 5) is 14.8. The molecule has 1 aromatic carbocycles. The number of hydrogen-bond acceptors (Lipinski definition) is 3. The zero-order valence-corrected chi connectivity index (χ0v) is 13.5. The summed E-state index contributed by atoms with van der Waals surface area (Å²) in [5.74, 6) is 0.765. The van der Waals surface area contributed by atoms with E-state index in [0.29, 0.717) is 19.1 Å². The fraction of sp³-hybridized carbons (Fsp3) is 0.588. The van der Waals surface area contributed by atoms with Crippen LogP contribution >= 0.6 is 0 Å². The van der Waals surface area contributed by atoms with Gasteiger partial charge in [-0.05, 0) is 56.4 Å². The van der Waals surface area contributed by atoms with Crippen LogP contribution in [0.25, 0.3) is 0 Å². The van der Waals surface area contributed by atoms with Gasteiger partial charge in [-0.25, -0.2) is 0 Å². The second-order valence-electron chi connectivity index (χ2n) is 5.85. The van der Waals surface area contributed by atoms with E-state index in [9.17, 15) is 4.79 Å². The van der Waals surface area contributed by atoms with Gasteiger partial charge in [-0.3, -0.25) is 4.79 Å². The van der Waals surface area contributed by atoms with Gasteiger partial charge in [-0.15, -0.1) is 0 Å². The third kappa shape index (κ3) is 3.76. The van der Waals surface area contributed by atoms with Crippen molar-refractivity contribution in [3.63, 3.8) is 0 Å². The van der Waals surface area contributed by atoms with E-state index in [4.69, 9.17) is 4.74 Å². The number of benzene rings is 1. The molecule has 1 aliphatic carbocycles. The maximum atomic E-state index is 12.8. The summed E-state index contributed by atoms with van der Waals surface area (Å²) in [6.07, 6.45) is 2.46. The largest absolute Gasteiger partial charge is 0.388 e. The van der Waals surface area contributed by atoms with Crippen molar-refractivity contribution in [2.75, 3.05) is 32.6 Å². The van der Waals surface area contributed by atoms with Gasteiger partial charge in [-0.1, -0.05) is 0 Å². The van der Waals surface area contributed by atoms with E-state index in [1.807, 2.05) is 37.1 Å². The van der Waals surface area contributed by atoms with Crippen molar-refractivity contribution in [2.24, 2.45) is 5.92 Å². The van der Waals surface area contributed by atoms with Crippen molar-refractivity contribution in [1.82, 2.24) is 4.90 Å². The van der Waals surface area contributed by atoms with Crippen molar-refractivity contribution in [3.05, 3.63) is 29.3 Å². The second kappa shape index (κ2) is 6.94. The fourth-order valence-corrected chi connectivity index (χ4v) is 2.76. The Balaban J connectivity index is 2.18. The van der Waals surface area contributed by atoms with Crippen molar-refractivity contribution >= 4 is 11.6 Å². The van der Waals surface area contributed by atoms with Gasteiger partial charge in [0.25, 0.3) is 5.91 Å². The van der Waals surface area contributed by atoms with E-state index >= 15 is 0 Å². The lowest BCUT2D eigenvalue weighted by Gasteiger charge is -2.29. The minimum Gasteiger partial charge on any atom is -0.388 e. The second-order valence-corrected chi connectivity index (χ2v) is 5.85. The number of rotatable bonds is 7. The summed E-state index contributed by atoms with van der Waals surface area (Å²) in [5, 5.41) is 3.13. The van der Waals surface area contributed by atoms with Crippen molar-refractivity contribution < 1.29 is 9.53 Å². The summed E-state index contributed by atoms with van der Waals surface area (Å²) in [6.45, 7) is 5.41. The monoisotopic (exact) mass is 290 g/mol. The number of ether oxygens (including phenoxy) is 1. The lowest BCUT2D eigenvalue weighted by molar-refractivity contribution is 0.0594. The minimum absolute atomic E-state index is 0.109. The SMILES string of the molecule is CNc1ccc(C(=O)N(CCOC)C(C)C2CC2)cc1C. The highest BCUT2D eigenvalue weighted by atomic mass is 16.5. The van der Waals surface area contributed by atoms with Crippen LogP contribution in [-0.2, 0) is 4.74 Å². The molecule has 1 aliphatic rings. The Morgan fingerprint density at radius 2 is 2.19 bits per heavy atom. The molecule has 1 N–H and O–H groups in total. The smallest absolute Gasteiger partial charge is 0.254 e. The molecule has 0 spiro atoms. The molecule has 1 amide bonds. The first kappa shape index (κ1) is 15.8. The third-order valence-electron chi connectivity index (χ3n) is 4.34. The first-order valence-corrected chi connectivity index (χ1v) is 7.66. The molecule has 1 aromatic rings. The predicted molar refractivity (Wildman–Crippen MR) is 85.8 cm³/mol. The molecule has 1 saturated carbocycles. The lowest BCUT2D eigenvalue weighted by Crippen LogP contribution is -2.42. The molecule has 116 valence electrons. The van der Waals surface area contributed by atoms with E-state index < -0.39 is 0 Å². The summed E-state index contributed by atoms with van der Waals surface area (Å²) >= 11 is 0. The maximum absolute atomic E-state index is 12.8. The number of carbonyl (C=O) groups excluding carboxylic acids is 1. The van der Waals surface area contributed by atoms with Crippen LogP contribution in [0.4, 0.5) is 5.69 Å². The fourth-order valence-electron chi connectivity index (χ4n) is 2.76. The van der Waals surface area contributed by atoms with Crippen molar-refractivity contribution in [2.45, 2.75) is 32.7 Å². The topological polar surface area (TPSA) is 41.6 Å². The Morgan fingerprint density at radius 3 is 2.71 bits per heavy atom. The first-order valence-electron chi connectivity index (χ1n) is 7.66. The maximum Gasteiger partial charge on any atom is 0.254 e. The van der Waals surface area contributed by atoms with Gasteiger partial charge >= 0.3 is 0 Å². The van der Waals surface area contributed by atoms with Gasteiger partial charge in [0.1, 0.15) is 0 Å². The van der Waals surface area contributed by atoms with Gasteiger partial charge in [0, 0.05) is 38.0 Å². The van der Waals surface area contributed by atoms with Crippen LogP contribution in [0.1, 0.15) is 35.7 Å². The molecule has 1 fully saturated rings. The zero-order valence-electron chi connectivity index (χ0n) is 13.5. The summed E-state index contributed by atoms with van der Waals surface area (Å²) in [7, 11) is 3.57. The minimum atomic E-state index is 0.109. The average Bonchev–Trinajstić information content (AvgIpc) is 3.31. The van der Waals surface area contributed by atoms with Crippen LogP contribution in [0, 0.1) is 12.8 Å². The molecule has 4 nitrogen and oxygen atoms in total. The van der Waals surface area contributed by atoms with E-state index in [1.165, 1.54) is 12.8 Å². The molecule has 0 aliphatic heterocycles. The van der Waals surface area contributed by atoms with E-state index in [0.717, 1.165) is 16.8 Å². The Hall–Kier alpha value is -1.55. The lowest BCUT2D eigenvalue weighted by atomic mass is 10.1. The Kier molecular flexibility index (Phi) is 5.23. The van der Waals surface area contributed by atoms with Gasteiger partial charge in [0.2, 0.25) is 0 Å². The average molecular weight is 290 g/mol. The number of aryl methyl sites for hydroxylation is 1. The molecule has 0 heterocycles. The molecular weight excluding hydrogens is 264 g/mol. The van der Waals surface area contributed by atoms with Crippen molar-refractivity contribution in [1.29, 1.82) is 0 Å². The van der Waals surface area contributed by atoms with Crippen LogP contribution in [0.5, 0.6) is 0 Å². The van der Waals surface area contributed by atoms with Crippen LogP contribution in [0.15, 0.2) is 18.2 Å². The summed E-state index contributed by atoms with van der Waals surface area (Å²) in [5.41, 5.74) is 2.91. The molecule has 0 bridgehead atoms. The van der Waals surface area contributed by atoms with Crippen LogP contribution in [0.3, 0.4) is 0 Å². The number of methoxy groups -OCH3 is 1. The van der Waals surface area contributed by atoms with E-state index in [-0.39, 0.29) is 11.9 Å². The molecule has 0 radical (unpaired) electrons. The molecular formula is C17H26N2O2. The molecule has 1 unspecified atom stereocenters. The van der Waals surface area contributed by atoms with Gasteiger partial charge in [0.15, 0.2) is 0 Å². The Morgan fingerprint density at radius 1 is 1.48 bits per heavy atom. The highest BCUT2D eigenvalue weighted by Gasteiger charge is 2.34. The first-order chi connectivity index (χ1) is 10.1. The normalized spacial score (nSPS) is 15.6. The number of hydrogen-bond donors (Lipinski definition) is 1. The van der Waals surface area contributed by atoms with E-state index in [1.54, 1.807) is 7.11 Å². The standard InChI is InChI=1S/C17H26N2O2/c1-12-11-15(7-8-16(12)18-3)17(20)19(9-10-21-4)13(2)14-5-6-14/h7-8,11,13-14,18H,5-6,9-10H2,1-4H3. The summed E-state index contributed by atoms with van der Waals surface area (Å²) in [6, 6.07) is 6.13. The highest BCUT2D eigenvalue weighted by Crippen LogP contribution is 2.35. The van der Waals surface area contributed by atoms with Gasteiger partial charge in [-0.2, -0.15) is 0 Å². The molecule has 21 heavy (non-hydrogen) atoms. The van der Waals surface area contributed by atoms with Gasteiger partial charge < -0.3 is 15.0 Å². The molecule has 4 heteroatoms.